The maximum Gasteiger partial charge on any atom is 0.373 e. The standard InChI is InChI=1S/C36H56O7/c1-21(2)34-28(9)31(40-11)20-30(42-34)24(5)19-27(8)35-29(39-10)15-13-14-22(3)16-25(6)33(37)26(7)17-23(4)18-32(41-12)36(38)43-35/h13-15,17-21,25-29,31,33-35,37H,16H2,1-12H3/b15-13-,22-14-,23-17-,24-19+,32-18+/t25-,26+,27-,28-,29-,31+,33-,34+,35+/m0/s1. The number of methoxy groups -OCH3 is 3. The summed E-state index contributed by atoms with van der Waals surface area (Å²) in [6, 6.07) is 0. The summed E-state index contributed by atoms with van der Waals surface area (Å²) in [4.78, 5) is 13.5. The second-order valence-corrected chi connectivity index (χ2v) is 12.7. The van der Waals surface area contributed by atoms with Crippen LogP contribution >= 0.6 is 0 Å². The lowest BCUT2D eigenvalue weighted by Crippen LogP contribution is -2.39. The van der Waals surface area contributed by atoms with Gasteiger partial charge in [0, 0.05) is 32.0 Å². The summed E-state index contributed by atoms with van der Waals surface area (Å²) in [5.41, 5.74) is 2.88. The van der Waals surface area contributed by atoms with E-state index in [1.54, 1.807) is 20.3 Å². The molecule has 7 heteroatoms. The maximum absolute atomic E-state index is 13.5. The van der Waals surface area contributed by atoms with Gasteiger partial charge in [0.05, 0.1) is 19.3 Å². The molecule has 0 unspecified atom stereocenters. The van der Waals surface area contributed by atoms with Gasteiger partial charge in [-0.25, -0.2) is 4.79 Å². The lowest BCUT2D eigenvalue weighted by Gasteiger charge is -2.37. The fraction of sp³-hybridized carbons (Fsp3) is 0.639. The Balaban J connectivity index is 2.54. The van der Waals surface area contributed by atoms with E-state index in [1.165, 1.54) is 7.11 Å². The van der Waals surface area contributed by atoms with Gasteiger partial charge in [0.2, 0.25) is 5.76 Å². The minimum absolute atomic E-state index is 0.0194. The second kappa shape index (κ2) is 17.0. The van der Waals surface area contributed by atoms with Gasteiger partial charge in [-0.2, -0.15) is 0 Å². The molecule has 2 heterocycles. The van der Waals surface area contributed by atoms with E-state index >= 15 is 0 Å². The molecule has 0 aromatic heterocycles. The first-order valence-corrected chi connectivity index (χ1v) is 15.5. The van der Waals surface area contributed by atoms with Gasteiger partial charge in [-0.1, -0.05) is 83.1 Å². The average molecular weight is 601 g/mol. The van der Waals surface area contributed by atoms with Gasteiger partial charge >= 0.3 is 5.97 Å². The zero-order valence-electron chi connectivity index (χ0n) is 28.4. The van der Waals surface area contributed by atoms with Crippen LogP contribution in [0.3, 0.4) is 0 Å². The molecule has 43 heavy (non-hydrogen) atoms. The monoisotopic (exact) mass is 600 g/mol. The summed E-state index contributed by atoms with van der Waals surface area (Å²) in [7, 11) is 4.79. The number of carbonyl (C=O) groups is 1. The van der Waals surface area contributed by atoms with Gasteiger partial charge in [-0.15, -0.1) is 0 Å². The third kappa shape index (κ3) is 10.2. The molecule has 0 radical (unpaired) electrons. The number of carbonyl (C=O) groups excluding carboxylic acids is 1. The lowest BCUT2D eigenvalue weighted by atomic mass is 9.86. The first-order chi connectivity index (χ1) is 20.2. The molecule has 0 spiro atoms. The normalized spacial score (nSPS) is 37.0. The Hall–Kier alpha value is -2.61. The smallest absolute Gasteiger partial charge is 0.373 e. The van der Waals surface area contributed by atoms with Crippen molar-refractivity contribution in [3.05, 3.63) is 70.8 Å². The first kappa shape index (κ1) is 36.6. The van der Waals surface area contributed by atoms with Crippen molar-refractivity contribution in [3.8, 4) is 0 Å². The van der Waals surface area contributed by atoms with Crippen LogP contribution in [0.25, 0.3) is 0 Å². The molecule has 0 aliphatic carbocycles. The minimum atomic E-state index is -0.657. The van der Waals surface area contributed by atoms with E-state index < -0.39 is 24.3 Å². The predicted octanol–water partition coefficient (Wildman–Crippen LogP) is 7.10. The third-order valence-electron chi connectivity index (χ3n) is 8.56. The topological polar surface area (TPSA) is 83.5 Å². The van der Waals surface area contributed by atoms with Crippen molar-refractivity contribution in [2.24, 2.45) is 29.6 Å². The molecule has 9 atom stereocenters. The van der Waals surface area contributed by atoms with Crippen molar-refractivity contribution in [1.29, 1.82) is 0 Å². The van der Waals surface area contributed by atoms with Gasteiger partial charge in [0.1, 0.15) is 24.1 Å². The summed E-state index contributed by atoms with van der Waals surface area (Å²) in [6.07, 6.45) is 12.6. The Labute approximate surface area is 260 Å². The molecule has 7 nitrogen and oxygen atoms in total. The molecule has 0 saturated heterocycles. The molecule has 0 bridgehead atoms. The molecule has 2 aliphatic heterocycles. The van der Waals surface area contributed by atoms with Crippen LogP contribution in [-0.4, -0.2) is 62.9 Å². The number of allylic oxidation sites excluding steroid dienone is 6. The number of aliphatic hydroxyl groups is 1. The van der Waals surface area contributed by atoms with Gasteiger partial charge in [0.15, 0.2) is 0 Å². The molecule has 0 aromatic carbocycles. The van der Waals surface area contributed by atoms with Crippen LogP contribution < -0.4 is 0 Å². The van der Waals surface area contributed by atoms with Crippen LogP contribution in [0.5, 0.6) is 0 Å². The fourth-order valence-corrected chi connectivity index (χ4v) is 6.09. The highest BCUT2D eigenvalue weighted by atomic mass is 16.6. The fourth-order valence-electron chi connectivity index (χ4n) is 6.09. The minimum Gasteiger partial charge on any atom is -0.490 e. The zero-order valence-corrected chi connectivity index (χ0v) is 28.4. The van der Waals surface area contributed by atoms with Gasteiger partial charge in [-0.3, -0.25) is 0 Å². The summed E-state index contributed by atoms with van der Waals surface area (Å²) in [6.45, 7) is 18.5. The summed E-state index contributed by atoms with van der Waals surface area (Å²) in [5, 5.41) is 10.9. The van der Waals surface area contributed by atoms with E-state index in [-0.39, 0.29) is 41.6 Å². The summed E-state index contributed by atoms with van der Waals surface area (Å²) < 4.78 is 29.7. The highest BCUT2D eigenvalue weighted by Gasteiger charge is 2.35. The Morgan fingerprint density at radius 2 is 1.65 bits per heavy atom. The van der Waals surface area contributed by atoms with Gasteiger partial charge < -0.3 is 28.8 Å². The van der Waals surface area contributed by atoms with Gasteiger partial charge in [-0.05, 0) is 56.8 Å². The van der Waals surface area contributed by atoms with Crippen molar-refractivity contribution in [3.63, 3.8) is 0 Å². The van der Waals surface area contributed by atoms with Crippen LogP contribution in [0, 0.1) is 29.6 Å². The quantitative estimate of drug-likeness (QED) is 0.312. The number of cyclic esters (lactones) is 1. The molecule has 0 fully saturated rings. The van der Waals surface area contributed by atoms with Gasteiger partial charge in [0.25, 0.3) is 0 Å². The Kier molecular flexibility index (Phi) is 14.5. The Bertz CT molecular complexity index is 1110. The van der Waals surface area contributed by atoms with Crippen molar-refractivity contribution in [2.75, 3.05) is 21.3 Å². The number of esters is 1. The molecule has 0 saturated carbocycles. The molecule has 2 rings (SSSR count). The number of aliphatic hydroxyl groups excluding tert-OH is 1. The molecule has 0 aromatic rings. The SMILES string of the molecule is CO/C1=C/C(C)=C\[C@@H](C)[C@@H](O)[C@@H](C)C/C(C)=C\C=C/[C@H](OC)[C@@H]([C@@H](C)/C=C(\C)C2=C[C@@H](OC)[C@H](C)[C@@H](C(C)C)O2)OC1=O. The molecular formula is C36H56O7. The largest absolute Gasteiger partial charge is 0.490 e. The van der Waals surface area contributed by atoms with E-state index in [2.05, 4.69) is 40.7 Å². The number of rotatable bonds is 7. The third-order valence-corrected chi connectivity index (χ3v) is 8.56. The Morgan fingerprint density at radius 3 is 2.23 bits per heavy atom. The van der Waals surface area contributed by atoms with E-state index in [0.29, 0.717) is 5.92 Å². The predicted molar refractivity (Wildman–Crippen MR) is 172 cm³/mol. The van der Waals surface area contributed by atoms with Crippen LogP contribution in [0.1, 0.15) is 68.7 Å². The number of hydrogen-bond donors (Lipinski definition) is 1. The van der Waals surface area contributed by atoms with Crippen molar-refractivity contribution in [2.45, 2.75) is 99.3 Å². The first-order valence-electron chi connectivity index (χ1n) is 15.5. The van der Waals surface area contributed by atoms with E-state index in [9.17, 15) is 9.90 Å². The van der Waals surface area contributed by atoms with Crippen molar-refractivity contribution in [1.82, 2.24) is 0 Å². The van der Waals surface area contributed by atoms with Crippen LogP contribution in [0.4, 0.5) is 0 Å². The molecular weight excluding hydrogens is 544 g/mol. The maximum atomic E-state index is 13.5. The second-order valence-electron chi connectivity index (χ2n) is 12.7. The van der Waals surface area contributed by atoms with E-state index in [4.69, 9.17) is 23.7 Å². The van der Waals surface area contributed by atoms with E-state index in [0.717, 1.165) is 28.9 Å². The summed E-state index contributed by atoms with van der Waals surface area (Å²) in [5.74, 6) is 0.520. The molecule has 242 valence electrons. The zero-order chi connectivity index (χ0) is 32.4. The van der Waals surface area contributed by atoms with Crippen molar-refractivity contribution >= 4 is 5.97 Å². The van der Waals surface area contributed by atoms with E-state index in [1.807, 2.05) is 58.1 Å². The molecule has 2 aliphatic rings. The number of ether oxygens (including phenoxy) is 5. The highest BCUT2D eigenvalue weighted by molar-refractivity contribution is 5.87. The Morgan fingerprint density at radius 1 is 1.00 bits per heavy atom. The summed E-state index contributed by atoms with van der Waals surface area (Å²) >= 11 is 0. The van der Waals surface area contributed by atoms with Crippen molar-refractivity contribution < 1.29 is 33.6 Å². The van der Waals surface area contributed by atoms with Crippen LogP contribution in [-0.2, 0) is 28.5 Å². The lowest BCUT2D eigenvalue weighted by molar-refractivity contribution is -0.155. The van der Waals surface area contributed by atoms with Crippen LogP contribution in [0.2, 0.25) is 0 Å². The average Bonchev–Trinajstić information content (AvgIpc) is 2.95. The molecule has 0 amide bonds. The molecule has 1 N–H and O–H groups in total. The highest BCUT2D eigenvalue weighted by Crippen LogP contribution is 2.33. The number of hydrogen-bond acceptors (Lipinski definition) is 7. The van der Waals surface area contributed by atoms with Crippen LogP contribution in [0.15, 0.2) is 70.8 Å².